The zero-order valence-corrected chi connectivity index (χ0v) is 17.1. The quantitative estimate of drug-likeness (QED) is 0.322. The molecule has 0 spiro atoms. The van der Waals surface area contributed by atoms with Crippen molar-refractivity contribution in [3.63, 3.8) is 0 Å². The Hall–Kier alpha value is -3.53. The number of pyridine rings is 2. The van der Waals surface area contributed by atoms with Crippen LogP contribution in [0, 0.1) is 12.7 Å². The number of rotatable bonds is 3. The molecule has 0 N–H and O–H groups in total. The fourth-order valence-corrected chi connectivity index (χ4v) is 3.87. The van der Waals surface area contributed by atoms with Gasteiger partial charge in [-0.05, 0) is 42.7 Å². The molecule has 5 aromatic rings. The van der Waals surface area contributed by atoms with E-state index in [-0.39, 0.29) is 5.82 Å². The summed E-state index contributed by atoms with van der Waals surface area (Å²) in [5.41, 5.74) is 6.52. The monoisotopic (exact) mass is 396 g/mol. The third-order valence-corrected chi connectivity index (χ3v) is 5.53. The maximum Gasteiger partial charge on any atom is 0.227 e. The van der Waals surface area contributed by atoms with Gasteiger partial charge in [-0.25, -0.2) is 9.37 Å². The topological polar surface area (TPSA) is 38.9 Å². The lowest BCUT2D eigenvalue weighted by Crippen LogP contribution is -1.90. The number of benzene rings is 2. The molecule has 3 heterocycles. The fraction of sp³-hybridized carbons (Fsp3) is 0.154. The molecule has 0 aliphatic rings. The second kappa shape index (κ2) is 7.06. The van der Waals surface area contributed by atoms with Crippen LogP contribution in [0.1, 0.15) is 31.0 Å². The summed E-state index contributed by atoms with van der Waals surface area (Å²) in [6.45, 7) is 6.28. The molecule has 0 fully saturated rings. The fourth-order valence-electron chi connectivity index (χ4n) is 3.87. The maximum absolute atomic E-state index is 14.1. The third-order valence-electron chi connectivity index (χ3n) is 5.53. The van der Waals surface area contributed by atoms with Gasteiger partial charge < -0.3 is 4.42 Å². The lowest BCUT2D eigenvalue weighted by atomic mass is 10.00. The number of furan rings is 1. The van der Waals surface area contributed by atoms with Crippen molar-refractivity contribution in [1.29, 1.82) is 0 Å². The van der Waals surface area contributed by atoms with E-state index >= 15 is 0 Å². The summed E-state index contributed by atoms with van der Waals surface area (Å²) in [4.78, 5) is 9.36. The molecule has 3 aromatic heterocycles. The van der Waals surface area contributed by atoms with E-state index < -0.39 is 0 Å². The van der Waals surface area contributed by atoms with E-state index in [1.165, 1.54) is 6.07 Å². The summed E-state index contributed by atoms with van der Waals surface area (Å²) in [5, 5.41) is 2.02. The van der Waals surface area contributed by atoms with E-state index in [1.54, 1.807) is 18.3 Å². The molecule has 0 amide bonds. The number of hydrogen-bond donors (Lipinski definition) is 0. The minimum atomic E-state index is -0.255. The smallest absolute Gasteiger partial charge is 0.227 e. The maximum atomic E-state index is 14.1. The molecule has 3 nitrogen and oxygen atoms in total. The minimum Gasteiger partial charge on any atom is -0.437 e. The largest absolute Gasteiger partial charge is 0.437 e. The summed E-state index contributed by atoms with van der Waals surface area (Å²) >= 11 is 0. The van der Waals surface area contributed by atoms with Crippen LogP contribution >= 0.6 is 0 Å². The van der Waals surface area contributed by atoms with Crippen LogP contribution in [0.3, 0.4) is 0 Å². The zero-order chi connectivity index (χ0) is 20.8. The van der Waals surface area contributed by atoms with Crippen LogP contribution in [0.25, 0.3) is 44.5 Å². The highest BCUT2D eigenvalue weighted by Gasteiger charge is 2.17. The van der Waals surface area contributed by atoms with Gasteiger partial charge in [-0.15, -0.1) is 0 Å². The van der Waals surface area contributed by atoms with Crippen molar-refractivity contribution >= 4 is 22.1 Å². The lowest BCUT2D eigenvalue weighted by Gasteiger charge is -2.08. The first kappa shape index (κ1) is 18.5. The molecule has 4 heteroatoms. The highest BCUT2D eigenvalue weighted by molar-refractivity contribution is 6.09. The normalized spacial score (nSPS) is 11.6. The van der Waals surface area contributed by atoms with Gasteiger partial charge in [-0.1, -0.05) is 50.2 Å². The molecular formula is C26H21FN2O. The van der Waals surface area contributed by atoms with Crippen LogP contribution < -0.4 is 0 Å². The van der Waals surface area contributed by atoms with Crippen molar-refractivity contribution in [2.24, 2.45) is 0 Å². The average molecular weight is 396 g/mol. The SMILES string of the molecule is Cc1ccc2c(oc3nc(C(C)C)ccc32)c1-c1ccc(-c2ccccc2F)cn1. The number of aromatic nitrogens is 2. The highest BCUT2D eigenvalue weighted by Crippen LogP contribution is 2.37. The minimum absolute atomic E-state index is 0.255. The predicted octanol–water partition coefficient (Wildman–Crippen LogP) is 7.28. The highest BCUT2D eigenvalue weighted by atomic mass is 19.1. The Bertz CT molecular complexity index is 1380. The van der Waals surface area contributed by atoms with Gasteiger partial charge in [0.2, 0.25) is 5.71 Å². The summed E-state index contributed by atoms with van der Waals surface area (Å²) in [5.74, 6) is 0.0751. The number of hydrogen-bond acceptors (Lipinski definition) is 3. The molecule has 2 aromatic carbocycles. The van der Waals surface area contributed by atoms with Crippen LogP contribution in [0.2, 0.25) is 0 Å². The van der Waals surface area contributed by atoms with E-state index in [4.69, 9.17) is 9.40 Å². The number of fused-ring (bicyclic) bond motifs is 3. The Morgan fingerprint density at radius 3 is 2.43 bits per heavy atom. The van der Waals surface area contributed by atoms with Crippen molar-refractivity contribution in [2.45, 2.75) is 26.7 Å². The van der Waals surface area contributed by atoms with Gasteiger partial charge in [0.05, 0.1) is 5.69 Å². The summed E-state index contributed by atoms with van der Waals surface area (Å²) in [6.07, 6.45) is 1.71. The van der Waals surface area contributed by atoms with E-state index in [0.29, 0.717) is 17.2 Å². The van der Waals surface area contributed by atoms with Crippen molar-refractivity contribution in [3.05, 3.63) is 83.9 Å². The molecule has 0 aliphatic carbocycles. The van der Waals surface area contributed by atoms with Gasteiger partial charge in [-0.2, -0.15) is 0 Å². The number of halogens is 1. The second-order valence-corrected chi connectivity index (χ2v) is 7.89. The van der Waals surface area contributed by atoms with Gasteiger partial charge >= 0.3 is 0 Å². The van der Waals surface area contributed by atoms with E-state index in [2.05, 4.69) is 43.1 Å². The summed E-state index contributed by atoms with van der Waals surface area (Å²) < 4.78 is 20.4. The Morgan fingerprint density at radius 2 is 1.70 bits per heavy atom. The van der Waals surface area contributed by atoms with Gasteiger partial charge in [0.15, 0.2) is 0 Å². The molecule has 0 aliphatic heterocycles. The first-order chi connectivity index (χ1) is 14.5. The van der Waals surface area contributed by atoms with E-state index in [0.717, 1.165) is 44.4 Å². The molecule has 5 rings (SSSR count). The van der Waals surface area contributed by atoms with Crippen molar-refractivity contribution < 1.29 is 8.81 Å². The Kier molecular flexibility index (Phi) is 4.35. The van der Waals surface area contributed by atoms with Crippen LogP contribution in [-0.2, 0) is 0 Å². The Labute approximate surface area is 174 Å². The van der Waals surface area contributed by atoms with E-state index in [9.17, 15) is 4.39 Å². The molecule has 148 valence electrons. The van der Waals surface area contributed by atoms with Crippen LogP contribution in [0.15, 0.2) is 71.3 Å². The third kappa shape index (κ3) is 2.96. The van der Waals surface area contributed by atoms with Crippen LogP contribution in [-0.4, -0.2) is 9.97 Å². The molecule has 30 heavy (non-hydrogen) atoms. The van der Waals surface area contributed by atoms with Gasteiger partial charge in [-0.3, -0.25) is 4.98 Å². The number of aryl methyl sites for hydroxylation is 1. The van der Waals surface area contributed by atoms with Crippen molar-refractivity contribution in [1.82, 2.24) is 9.97 Å². The van der Waals surface area contributed by atoms with Crippen LogP contribution in [0.5, 0.6) is 0 Å². The van der Waals surface area contributed by atoms with Crippen molar-refractivity contribution in [3.8, 4) is 22.4 Å². The van der Waals surface area contributed by atoms with Gasteiger partial charge in [0, 0.05) is 39.4 Å². The standard InChI is InChI=1S/C26H21FN2O/c1-15(2)22-13-11-20-19-10-8-16(3)24(25(19)30-26(20)29-22)23-12-9-17(14-28-23)18-6-4-5-7-21(18)27/h4-15H,1-3H3. The Balaban J connectivity index is 1.67. The first-order valence-corrected chi connectivity index (χ1v) is 10.1. The number of nitrogens with zero attached hydrogens (tertiary/aromatic N) is 2. The molecule has 0 atom stereocenters. The Morgan fingerprint density at radius 1 is 0.900 bits per heavy atom. The summed E-state index contributed by atoms with van der Waals surface area (Å²) in [7, 11) is 0. The van der Waals surface area contributed by atoms with Crippen LogP contribution in [0.4, 0.5) is 4.39 Å². The van der Waals surface area contributed by atoms with Crippen molar-refractivity contribution in [2.75, 3.05) is 0 Å². The zero-order valence-electron chi connectivity index (χ0n) is 17.1. The van der Waals surface area contributed by atoms with Gasteiger partial charge in [0.1, 0.15) is 11.4 Å². The van der Waals surface area contributed by atoms with E-state index in [1.807, 2.05) is 25.1 Å². The second-order valence-electron chi connectivity index (χ2n) is 7.89. The molecule has 0 saturated carbocycles. The molecule has 0 radical (unpaired) electrons. The first-order valence-electron chi connectivity index (χ1n) is 10.1. The lowest BCUT2D eigenvalue weighted by molar-refractivity contribution is 0.631. The molecule has 0 bridgehead atoms. The molecule has 0 unspecified atom stereocenters. The van der Waals surface area contributed by atoms with Gasteiger partial charge in [0.25, 0.3) is 0 Å². The predicted molar refractivity (Wildman–Crippen MR) is 119 cm³/mol. The average Bonchev–Trinajstić information content (AvgIpc) is 3.12. The molecule has 0 saturated heterocycles. The molecular weight excluding hydrogens is 375 g/mol. The summed E-state index contributed by atoms with van der Waals surface area (Å²) in [6, 6.07) is 18.8.